The van der Waals surface area contributed by atoms with Gasteiger partial charge in [-0.05, 0) is 41.6 Å². The summed E-state index contributed by atoms with van der Waals surface area (Å²) in [5.74, 6) is -0.721. The number of cyclic esters (lactones) is 1. The molecule has 2 atom stereocenters. The van der Waals surface area contributed by atoms with Gasteiger partial charge in [-0.2, -0.15) is 26.3 Å². The predicted octanol–water partition coefficient (Wildman–Crippen LogP) is 5.92. The summed E-state index contributed by atoms with van der Waals surface area (Å²) in [5, 5.41) is 1.47. The van der Waals surface area contributed by atoms with Crippen molar-refractivity contribution in [3.05, 3.63) is 77.1 Å². The van der Waals surface area contributed by atoms with Gasteiger partial charge in [0, 0.05) is 17.8 Å². The fraction of sp³-hybridized carbons (Fsp3) is 0.261. The molecule has 5 nitrogen and oxygen atoms in total. The van der Waals surface area contributed by atoms with Gasteiger partial charge in [-0.3, -0.25) is 9.78 Å². The molecule has 0 radical (unpaired) electrons. The molecule has 2 heterocycles. The van der Waals surface area contributed by atoms with Gasteiger partial charge in [-0.1, -0.05) is 24.3 Å². The van der Waals surface area contributed by atoms with Crippen LogP contribution < -0.4 is 0 Å². The van der Waals surface area contributed by atoms with Crippen LogP contribution >= 0.6 is 0 Å². The molecule has 3 aromatic rings. The van der Waals surface area contributed by atoms with Crippen molar-refractivity contribution in [2.24, 2.45) is 0 Å². The average molecular weight is 482 g/mol. The van der Waals surface area contributed by atoms with E-state index in [4.69, 9.17) is 4.74 Å². The van der Waals surface area contributed by atoms with Gasteiger partial charge in [0.2, 0.25) is 5.91 Å². The molecule has 0 N–H and O–H groups in total. The second-order valence-corrected chi connectivity index (χ2v) is 7.84. The van der Waals surface area contributed by atoms with Crippen LogP contribution in [0.4, 0.5) is 31.1 Å². The summed E-state index contributed by atoms with van der Waals surface area (Å²) < 4.78 is 84.4. The Hall–Kier alpha value is -3.63. The molecule has 1 aliphatic rings. The molecule has 34 heavy (non-hydrogen) atoms. The van der Waals surface area contributed by atoms with Crippen molar-refractivity contribution in [2.45, 2.75) is 37.8 Å². The fourth-order valence-electron chi connectivity index (χ4n) is 3.95. The first-order valence-electron chi connectivity index (χ1n) is 10.00. The Balaban J connectivity index is 1.65. The number of carbonyl (C=O) groups excluding carboxylic acids is 2. The summed E-state index contributed by atoms with van der Waals surface area (Å²) in [4.78, 5) is 30.2. The first-order valence-corrected chi connectivity index (χ1v) is 10.00. The summed E-state index contributed by atoms with van der Waals surface area (Å²) in [6, 6.07) is 6.91. The summed E-state index contributed by atoms with van der Waals surface area (Å²) >= 11 is 0. The van der Waals surface area contributed by atoms with Gasteiger partial charge in [0.15, 0.2) is 0 Å². The maximum Gasteiger partial charge on any atom is 0.417 e. The van der Waals surface area contributed by atoms with Crippen molar-refractivity contribution >= 4 is 22.8 Å². The Morgan fingerprint density at radius 2 is 1.62 bits per heavy atom. The largest absolute Gasteiger partial charge is 0.439 e. The molecular formula is C23H16F6N2O3. The second-order valence-electron chi connectivity index (χ2n) is 7.84. The quantitative estimate of drug-likeness (QED) is 0.435. The van der Waals surface area contributed by atoms with E-state index in [-0.39, 0.29) is 12.5 Å². The Labute approximate surface area is 188 Å². The molecule has 0 aliphatic carbocycles. The van der Waals surface area contributed by atoms with Gasteiger partial charge in [0.25, 0.3) is 0 Å². The molecule has 11 heteroatoms. The Bertz CT molecular complexity index is 1230. The molecule has 1 aliphatic heterocycles. The van der Waals surface area contributed by atoms with Crippen molar-refractivity contribution in [1.82, 2.24) is 9.88 Å². The van der Waals surface area contributed by atoms with Crippen LogP contribution in [0, 0.1) is 0 Å². The summed E-state index contributed by atoms with van der Waals surface area (Å²) in [6.45, 7) is 1.32. The van der Waals surface area contributed by atoms with E-state index in [1.807, 2.05) is 0 Å². The zero-order valence-corrected chi connectivity index (χ0v) is 17.4. The van der Waals surface area contributed by atoms with Gasteiger partial charge in [-0.15, -0.1) is 0 Å². The highest BCUT2D eigenvalue weighted by molar-refractivity contribution is 5.97. The molecule has 0 unspecified atom stereocenters. The van der Waals surface area contributed by atoms with Crippen LogP contribution in [-0.2, 0) is 28.3 Å². The topological polar surface area (TPSA) is 59.5 Å². The van der Waals surface area contributed by atoms with E-state index in [1.54, 1.807) is 30.5 Å². The number of aromatic nitrogens is 1. The SMILES string of the molecule is C[C@H]1[C@@H](c2cc(C(F)(F)F)cc(C(F)(F)F)c2)OC(=O)N1C(=O)Cc1cncc2ccccc12. The third-order valence-electron chi connectivity index (χ3n) is 5.57. The number of imide groups is 1. The lowest BCUT2D eigenvalue weighted by molar-refractivity contribution is -0.143. The van der Waals surface area contributed by atoms with Crippen LogP contribution in [0.5, 0.6) is 0 Å². The van der Waals surface area contributed by atoms with Gasteiger partial charge < -0.3 is 4.74 Å². The molecule has 0 saturated carbocycles. The number of fused-ring (bicyclic) bond motifs is 1. The number of hydrogen-bond donors (Lipinski definition) is 0. The zero-order chi connectivity index (χ0) is 24.8. The highest BCUT2D eigenvalue weighted by Gasteiger charge is 2.45. The smallest absolute Gasteiger partial charge is 0.417 e. The highest BCUT2D eigenvalue weighted by atomic mass is 19.4. The number of pyridine rings is 1. The van der Waals surface area contributed by atoms with E-state index < -0.39 is 53.2 Å². The number of halogens is 6. The van der Waals surface area contributed by atoms with E-state index in [0.29, 0.717) is 22.6 Å². The standard InChI is InChI=1S/C23H16F6N2O3/c1-12-20(14-6-16(22(24,25)26)9-17(7-14)23(27,28)29)34-21(33)31(12)19(32)8-15-11-30-10-13-4-2-3-5-18(13)15/h2-7,9-12,20H,8H2,1H3/t12-,20-/m0/s1. The van der Waals surface area contributed by atoms with Crippen LogP contribution in [0.15, 0.2) is 54.9 Å². The van der Waals surface area contributed by atoms with Crippen LogP contribution in [0.2, 0.25) is 0 Å². The lowest BCUT2D eigenvalue weighted by Crippen LogP contribution is -2.38. The second kappa shape index (κ2) is 8.30. The van der Waals surface area contributed by atoms with Gasteiger partial charge >= 0.3 is 18.4 Å². The highest BCUT2D eigenvalue weighted by Crippen LogP contribution is 2.40. The van der Waals surface area contributed by atoms with E-state index in [9.17, 15) is 35.9 Å². The Morgan fingerprint density at radius 3 is 2.24 bits per heavy atom. The Kier molecular flexibility index (Phi) is 5.74. The minimum absolute atomic E-state index is 0.0125. The predicted molar refractivity (Wildman–Crippen MR) is 107 cm³/mol. The molecule has 1 fully saturated rings. The molecule has 0 spiro atoms. The molecule has 2 amide bonds. The van der Waals surface area contributed by atoms with Crippen molar-refractivity contribution in [3.63, 3.8) is 0 Å². The van der Waals surface area contributed by atoms with Gasteiger partial charge in [0.05, 0.1) is 23.6 Å². The van der Waals surface area contributed by atoms with Crippen LogP contribution in [0.3, 0.4) is 0 Å². The van der Waals surface area contributed by atoms with Crippen molar-refractivity contribution < 1.29 is 40.7 Å². The number of ether oxygens (including phenoxy) is 1. The third kappa shape index (κ3) is 4.42. The van der Waals surface area contributed by atoms with Crippen molar-refractivity contribution in [3.8, 4) is 0 Å². The van der Waals surface area contributed by atoms with E-state index in [2.05, 4.69) is 4.98 Å². The molecule has 178 valence electrons. The maximum absolute atomic E-state index is 13.2. The number of hydrogen-bond acceptors (Lipinski definition) is 4. The number of nitrogens with zero attached hydrogens (tertiary/aromatic N) is 2. The minimum Gasteiger partial charge on any atom is -0.439 e. The van der Waals surface area contributed by atoms with E-state index in [1.165, 1.54) is 13.1 Å². The summed E-state index contributed by atoms with van der Waals surface area (Å²) in [5.41, 5.74) is -3.07. The number of carbonyl (C=O) groups is 2. The lowest BCUT2D eigenvalue weighted by Gasteiger charge is -2.21. The van der Waals surface area contributed by atoms with E-state index in [0.717, 1.165) is 10.8 Å². The van der Waals surface area contributed by atoms with Gasteiger partial charge in [-0.25, -0.2) is 9.69 Å². The van der Waals surface area contributed by atoms with Crippen molar-refractivity contribution in [1.29, 1.82) is 0 Å². The number of rotatable bonds is 3. The van der Waals surface area contributed by atoms with Gasteiger partial charge in [0.1, 0.15) is 6.10 Å². The summed E-state index contributed by atoms with van der Waals surface area (Å²) in [7, 11) is 0. The molecule has 4 rings (SSSR count). The minimum atomic E-state index is -5.06. The molecule has 1 saturated heterocycles. The van der Waals surface area contributed by atoms with Crippen LogP contribution in [0.1, 0.15) is 35.3 Å². The summed E-state index contributed by atoms with van der Waals surface area (Å²) in [6.07, 6.45) is -9.99. The third-order valence-corrected chi connectivity index (χ3v) is 5.57. The number of alkyl halides is 6. The average Bonchev–Trinajstić information content (AvgIpc) is 3.06. The molecule has 0 bridgehead atoms. The van der Waals surface area contributed by atoms with Crippen LogP contribution in [-0.4, -0.2) is 27.9 Å². The molecular weight excluding hydrogens is 466 g/mol. The first kappa shape index (κ1) is 23.5. The normalized spacial score (nSPS) is 18.9. The Morgan fingerprint density at radius 1 is 1.00 bits per heavy atom. The molecule has 1 aromatic heterocycles. The molecule has 2 aromatic carbocycles. The fourth-order valence-corrected chi connectivity index (χ4v) is 3.95. The lowest BCUT2D eigenvalue weighted by atomic mass is 9.97. The van der Waals surface area contributed by atoms with Crippen LogP contribution in [0.25, 0.3) is 10.8 Å². The maximum atomic E-state index is 13.2. The number of amides is 2. The van der Waals surface area contributed by atoms with E-state index >= 15 is 0 Å². The van der Waals surface area contributed by atoms with Crippen molar-refractivity contribution in [2.75, 3.05) is 0 Å². The zero-order valence-electron chi connectivity index (χ0n) is 17.4. The number of benzene rings is 2. The monoisotopic (exact) mass is 482 g/mol. The first-order chi connectivity index (χ1) is 15.9.